The lowest BCUT2D eigenvalue weighted by Gasteiger charge is -2.41. The quantitative estimate of drug-likeness (QED) is 0.900. The van der Waals surface area contributed by atoms with Gasteiger partial charge in [-0.1, -0.05) is 36.8 Å². The van der Waals surface area contributed by atoms with Crippen LogP contribution >= 0.6 is 0 Å². The first-order chi connectivity index (χ1) is 9.05. The number of methoxy groups -OCH3 is 1. The summed E-state index contributed by atoms with van der Waals surface area (Å²) in [6, 6.07) is 8.41. The first-order valence-electron chi connectivity index (χ1n) is 7.34. The smallest absolute Gasteiger partial charge is 0.0939 e. The number of hydrogen-bond acceptors (Lipinski definition) is 2. The molecule has 2 heteroatoms. The lowest BCUT2D eigenvalue weighted by molar-refractivity contribution is -0.127. The van der Waals surface area contributed by atoms with Gasteiger partial charge in [0.25, 0.3) is 0 Å². The van der Waals surface area contributed by atoms with Crippen molar-refractivity contribution in [1.82, 2.24) is 0 Å². The molecule has 1 aliphatic rings. The second-order valence-electron chi connectivity index (χ2n) is 6.16. The van der Waals surface area contributed by atoms with Crippen molar-refractivity contribution in [2.75, 3.05) is 7.11 Å². The Morgan fingerprint density at radius 3 is 2.37 bits per heavy atom. The normalized spacial score (nSPS) is 29.2. The molecule has 1 fully saturated rings. The first kappa shape index (κ1) is 14.5. The second-order valence-corrected chi connectivity index (χ2v) is 6.16. The van der Waals surface area contributed by atoms with E-state index < -0.39 is 6.10 Å². The third-order valence-electron chi connectivity index (χ3n) is 4.68. The van der Waals surface area contributed by atoms with Crippen LogP contribution in [0.25, 0.3) is 0 Å². The van der Waals surface area contributed by atoms with Crippen LogP contribution in [-0.4, -0.2) is 23.9 Å². The number of rotatable bonds is 4. The van der Waals surface area contributed by atoms with E-state index in [1.54, 1.807) is 7.11 Å². The molecular weight excluding hydrogens is 236 g/mol. The molecule has 106 valence electrons. The van der Waals surface area contributed by atoms with Crippen LogP contribution < -0.4 is 0 Å². The van der Waals surface area contributed by atoms with Gasteiger partial charge in [-0.2, -0.15) is 0 Å². The van der Waals surface area contributed by atoms with Gasteiger partial charge in [0.05, 0.1) is 11.7 Å². The summed E-state index contributed by atoms with van der Waals surface area (Å²) < 4.78 is 5.73. The molecule has 1 aromatic rings. The molecule has 1 aromatic carbocycles. The van der Waals surface area contributed by atoms with E-state index in [0.717, 1.165) is 31.6 Å². The highest BCUT2D eigenvalue weighted by Crippen LogP contribution is 2.37. The average molecular weight is 262 g/mol. The van der Waals surface area contributed by atoms with Gasteiger partial charge in [-0.3, -0.25) is 0 Å². The lowest BCUT2D eigenvalue weighted by Crippen LogP contribution is -2.47. The standard InChI is InChI=1S/C17H26O2/c1-13-4-6-15(7-5-13)12-16(18)17(19-3)10-8-14(2)9-11-17/h4-7,14,16,18H,8-12H2,1-3H3. The SMILES string of the molecule is COC1(C(O)Cc2ccc(C)cc2)CCC(C)CC1. The number of aryl methyl sites for hydroxylation is 1. The van der Waals surface area contributed by atoms with E-state index in [4.69, 9.17) is 4.74 Å². The van der Waals surface area contributed by atoms with Crippen molar-refractivity contribution < 1.29 is 9.84 Å². The molecule has 0 heterocycles. The Bertz CT molecular complexity index is 388. The van der Waals surface area contributed by atoms with Crippen molar-refractivity contribution in [2.45, 2.75) is 57.7 Å². The summed E-state index contributed by atoms with van der Waals surface area (Å²) in [5.41, 5.74) is 2.11. The molecule has 1 saturated carbocycles. The summed E-state index contributed by atoms with van der Waals surface area (Å²) >= 11 is 0. The highest BCUT2D eigenvalue weighted by atomic mass is 16.5. The molecule has 1 aliphatic carbocycles. The van der Waals surface area contributed by atoms with Gasteiger partial charge < -0.3 is 9.84 Å². The van der Waals surface area contributed by atoms with E-state index in [1.807, 2.05) is 0 Å². The summed E-state index contributed by atoms with van der Waals surface area (Å²) in [6.45, 7) is 4.37. The van der Waals surface area contributed by atoms with Gasteiger partial charge in [0, 0.05) is 13.5 Å². The number of aliphatic hydroxyl groups is 1. The molecule has 0 bridgehead atoms. The molecule has 2 nitrogen and oxygen atoms in total. The van der Waals surface area contributed by atoms with Crippen LogP contribution in [-0.2, 0) is 11.2 Å². The van der Waals surface area contributed by atoms with E-state index in [0.29, 0.717) is 6.42 Å². The summed E-state index contributed by atoms with van der Waals surface area (Å²) in [5, 5.41) is 10.6. The third kappa shape index (κ3) is 3.37. The van der Waals surface area contributed by atoms with E-state index in [9.17, 15) is 5.11 Å². The van der Waals surface area contributed by atoms with Crippen LogP contribution in [0.1, 0.15) is 43.7 Å². The molecule has 0 amide bonds. The maximum absolute atomic E-state index is 10.6. The average Bonchev–Trinajstić information content (AvgIpc) is 2.42. The fraction of sp³-hybridized carbons (Fsp3) is 0.647. The largest absolute Gasteiger partial charge is 0.390 e. The zero-order valence-corrected chi connectivity index (χ0v) is 12.4. The van der Waals surface area contributed by atoms with Crippen molar-refractivity contribution in [1.29, 1.82) is 0 Å². The minimum atomic E-state index is -0.410. The van der Waals surface area contributed by atoms with Crippen LogP contribution in [0.4, 0.5) is 0 Å². The first-order valence-corrected chi connectivity index (χ1v) is 7.34. The van der Waals surface area contributed by atoms with Crippen molar-refractivity contribution in [2.24, 2.45) is 5.92 Å². The lowest BCUT2D eigenvalue weighted by atomic mass is 9.75. The molecule has 0 radical (unpaired) electrons. The molecule has 1 N–H and O–H groups in total. The zero-order valence-electron chi connectivity index (χ0n) is 12.4. The van der Waals surface area contributed by atoms with Gasteiger partial charge in [-0.05, 0) is 44.1 Å². The van der Waals surface area contributed by atoms with E-state index in [-0.39, 0.29) is 5.60 Å². The van der Waals surface area contributed by atoms with Crippen LogP contribution in [0.2, 0.25) is 0 Å². The molecule has 1 atom stereocenters. The molecule has 0 saturated heterocycles. The highest BCUT2D eigenvalue weighted by molar-refractivity contribution is 5.22. The van der Waals surface area contributed by atoms with E-state index >= 15 is 0 Å². The van der Waals surface area contributed by atoms with Crippen LogP contribution in [0, 0.1) is 12.8 Å². The molecule has 0 aliphatic heterocycles. The van der Waals surface area contributed by atoms with Crippen molar-refractivity contribution in [3.63, 3.8) is 0 Å². The van der Waals surface area contributed by atoms with Crippen LogP contribution in [0.3, 0.4) is 0 Å². The summed E-state index contributed by atoms with van der Waals surface area (Å²) in [5.74, 6) is 0.759. The Labute approximate surface area is 116 Å². The Kier molecular flexibility index (Phi) is 4.64. The van der Waals surface area contributed by atoms with E-state index in [2.05, 4.69) is 38.1 Å². The Morgan fingerprint density at radius 2 is 1.84 bits per heavy atom. The van der Waals surface area contributed by atoms with Gasteiger partial charge in [0.2, 0.25) is 0 Å². The molecule has 1 unspecified atom stereocenters. The topological polar surface area (TPSA) is 29.5 Å². The second kappa shape index (κ2) is 6.06. The predicted molar refractivity (Wildman–Crippen MR) is 78.3 cm³/mol. The molecule has 2 rings (SSSR count). The Balaban J connectivity index is 2.04. The van der Waals surface area contributed by atoms with Gasteiger partial charge in [0.1, 0.15) is 0 Å². The number of hydrogen-bond donors (Lipinski definition) is 1. The minimum Gasteiger partial charge on any atom is -0.390 e. The van der Waals surface area contributed by atoms with Crippen molar-refractivity contribution >= 4 is 0 Å². The molecule has 0 aromatic heterocycles. The maximum atomic E-state index is 10.6. The van der Waals surface area contributed by atoms with Crippen LogP contribution in [0.15, 0.2) is 24.3 Å². The van der Waals surface area contributed by atoms with Gasteiger partial charge >= 0.3 is 0 Å². The molecule has 0 spiro atoms. The Morgan fingerprint density at radius 1 is 1.26 bits per heavy atom. The van der Waals surface area contributed by atoms with Crippen LogP contribution in [0.5, 0.6) is 0 Å². The fourth-order valence-corrected chi connectivity index (χ4v) is 3.06. The molecular formula is C17H26O2. The highest BCUT2D eigenvalue weighted by Gasteiger charge is 2.40. The maximum Gasteiger partial charge on any atom is 0.0939 e. The zero-order chi connectivity index (χ0) is 13.9. The summed E-state index contributed by atoms with van der Waals surface area (Å²) in [7, 11) is 1.74. The van der Waals surface area contributed by atoms with Gasteiger partial charge in [-0.15, -0.1) is 0 Å². The summed E-state index contributed by atoms with van der Waals surface area (Å²) in [6.07, 6.45) is 4.52. The predicted octanol–water partition coefficient (Wildman–Crippen LogP) is 3.49. The van der Waals surface area contributed by atoms with E-state index in [1.165, 1.54) is 11.1 Å². The third-order valence-corrected chi connectivity index (χ3v) is 4.68. The molecule has 19 heavy (non-hydrogen) atoms. The van der Waals surface area contributed by atoms with Crippen molar-refractivity contribution in [3.8, 4) is 0 Å². The fourth-order valence-electron chi connectivity index (χ4n) is 3.06. The number of ether oxygens (including phenoxy) is 1. The Hall–Kier alpha value is -0.860. The number of aliphatic hydroxyl groups excluding tert-OH is 1. The van der Waals surface area contributed by atoms with Gasteiger partial charge in [0.15, 0.2) is 0 Å². The van der Waals surface area contributed by atoms with Crippen molar-refractivity contribution in [3.05, 3.63) is 35.4 Å². The monoisotopic (exact) mass is 262 g/mol. The summed E-state index contributed by atoms with van der Waals surface area (Å²) in [4.78, 5) is 0. The number of benzene rings is 1. The minimum absolute atomic E-state index is 0.336. The van der Waals surface area contributed by atoms with Gasteiger partial charge in [-0.25, -0.2) is 0 Å².